The summed E-state index contributed by atoms with van der Waals surface area (Å²) in [6.07, 6.45) is 5.51. The van der Waals surface area contributed by atoms with Gasteiger partial charge in [0.1, 0.15) is 0 Å². The van der Waals surface area contributed by atoms with E-state index in [-0.39, 0.29) is 10.9 Å². The standard InChI is InChI=1S/C18H14ClN3OS/c1-21-15-7-4-13(10-16(15)24-18(21)23)17(22-9-8-20-11-22)12-2-5-14(19)6-3-12/h2-11,17H,1H3. The first-order valence-corrected chi connectivity index (χ1v) is 8.65. The Morgan fingerprint density at radius 3 is 2.58 bits per heavy atom. The Bertz CT molecular complexity index is 1050. The zero-order chi connectivity index (χ0) is 16.7. The fourth-order valence-corrected chi connectivity index (χ4v) is 3.98. The number of thiazole rings is 1. The third-order valence-corrected chi connectivity index (χ3v) is 5.39. The van der Waals surface area contributed by atoms with Crippen LogP contribution in [0.2, 0.25) is 5.02 Å². The van der Waals surface area contributed by atoms with E-state index in [4.69, 9.17) is 11.6 Å². The van der Waals surface area contributed by atoms with Crippen LogP contribution in [0.4, 0.5) is 0 Å². The van der Waals surface area contributed by atoms with Gasteiger partial charge in [0.15, 0.2) is 0 Å². The number of benzene rings is 2. The van der Waals surface area contributed by atoms with Crippen LogP contribution in [0.25, 0.3) is 10.2 Å². The third kappa shape index (κ3) is 2.56. The smallest absolute Gasteiger partial charge is 0.307 e. The first-order chi connectivity index (χ1) is 11.6. The second-order valence-corrected chi connectivity index (χ2v) is 7.05. The van der Waals surface area contributed by atoms with Crippen molar-refractivity contribution < 1.29 is 0 Å². The molecule has 2 aromatic heterocycles. The Kier molecular flexibility index (Phi) is 3.75. The summed E-state index contributed by atoms with van der Waals surface area (Å²) < 4.78 is 4.72. The number of halogens is 1. The maximum Gasteiger partial charge on any atom is 0.307 e. The Hall–Kier alpha value is -2.37. The highest BCUT2D eigenvalue weighted by molar-refractivity contribution is 7.16. The Morgan fingerprint density at radius 1 is 1.12 bits per heavy atom. The van der Waals surface area contributed by atoms with Gasteiger partial charge in [-0.1, -0.05) is 41.1 Å². The van der Waals surface area contributed by atoms with Crippen molar-refractivity contribution in [3.8, 4) is 0 Å². The van der Waals surface area contributed by atoms with Crippen molar-refractivity contribution in [3.63, 3.8) is 0 Å². The van der Waals surface area contributed by atoms with Gasteiger partial charge in [-0.15, -0.1) is 0 Å². The number of fused-ring (bicyclic) bond motifs is 1. The second kappa shape index (κ2) is 5.92. The van der Waals surface area contributed by atoms with Crippen LogP contribution in [0.15, 0.2) is 66.0 Å². The van der Waals surface area contributed by atoms with E-state index in [1.807, 2.05) is 36.5 Å². The van der Waals surface area contributed by atoms with Crippen molar-refractivity contribution >= 4 is 33.2 Å². The van der Waals surface area contributed by atoms with Crippen molar-refractivity contribution in [1.29, 1.82) is 0 Å². The SMILES string of the molecule is Cn1c(=O)sc2cc(C(c3ccc(Cl)cc3)n3ccnc3)ccc21. The molecular weight excluding hydrogens is 342 g/mol. The van der Waals surface area contributed by atoms with Crippen molar-refractivity contribution in [2.45, 2.75) is 6.04 Å². The number of aryl methyl sites for hydroxylation is 1. The van der Waals surface area contributed by atoms with Gasteiger partial charge in [0.05, 0.1) is 22.6 Å². The summed E-state index contributed by atoms with van der Waals surface area (Å²) in [6, 6.07) is 13.9. The number of hydrogen-bond acceptors (Lipinski definition) is 3. The van der Waals surface area contributed by atoms with Gasteiger partial charge in [-0.2, -0.15) is 0 Å². The molecule has 24 heavy (non-hydrogen) atoms. The number of imidazole rings is 1. The van der Waals surface area contributed by atoms with Crippen molar-refractivity contribution in [1.82, 2.24) is 14.1 Å². The maximum absolute atomic E-state index is 11.9. The van der Waals surface area contributed by atoms with Crippen LogP contribution < -0.4 is 4.87 Å². The lowest BCUT2D eigenvalue weighted by molar-refractivity contribution is 0.677. The van der Waals surface area contributed by atoms with Gasteiger partial charge in [-0.3, -0.25) is 4.79 Å². The molecule has 0 aliphatic rings. The zero-order valence-electron chi connectivity index (χ0n) is 12.9. The predicted molar refractivity (Wildman–Crippen MR) is 98.0 cm³/mol. The first-order valence-electron chi connectivity index (χ1n) is 7.46. The first kappa shape index (κ1) is 15.2. The van der Waals surface area contributed by atoms with Crippen LogP contribution in [-0.2, 0) is 7.05 Å². The minimum Gasteiger partial charge on any atom is -0.326 e. The molecule has 4 aromatic rings. The van der Waals surface area contributed by atoms with E-state index in [1.54, 1.807) is 24.1 Å². The quantitative estimate of drug-likeness (QED) is 0.555. The van der Waals surface area contributed by atoms with Crippen molar-refractivity contribution in [2.24, 2.45) is 7.05 Å². The molecule has 0 spiro atoms. The molecule has 1 unspecified atom stereocenters. The molecule has 4 nitrogen and oxygen atoms in total. The molecule has 6 heteroatoms. The molecule has 120 valence electrons. The number of rotatable bonds is 3. The van der Waals surface area contributed by atoms with Crippen molar-refractivity contribution in [2.75, 3.05) is 0 Å². The summed E-state index contributed by atoms with van der Waals surface area (Å²) in [5.41, 5.74) is 3.17. The van der Waals surface area contributed by atoms with E-state index in [2.05, 4.69) is 21.7 Å². The lowest BCUT2D eigenvalue weighted by Crippen LogP contribution is -2.10. The highest BCUT2D eigenvalue weighted by Crippen LogP contribution is 2.30. The van der Waals surface area contributed by atoms with Gasteiger partial charge < -0.3 is 9.13 Å². The molecule has 0 amide bonds. The lowest BCUT2D eigenvalue weighted by Gasteiger charge is -2.20. The molecule has 1 atom stereocenters. The molecule has 0 aliphatic heterocycles. The Morgan fingerprint density at radius 2 is 1.88 bits per heavy atom. The monoisotopic (exact) mass is 355 g/mol. The van der Waals surface area contributed by atoms with Gasteiger partial charge in [-0.05, 0) is 35.4 Å². The summed E-state index contributed by atoms with van der Waals surface area (Å²) in [6.45, 7) is 0. The molecule has 4 rings (SSSR count). The summed E-state index contributed by atoms with van der Waals surface area (Å²) >= 11 is 7.30. The minimum absolute atomic E-state index is 0.0170. The summed E-state index contributed by atoms with van der Waals surface area (Å²) in [4.78, 5) is 16.1. The number of aromatic nitrogens is 3. The molecule has 2 aromatic carbocycles. The van der Waals surface area contributed by atoms with Gasteiger partial charge in [0.2, 0.25) is 0 Å². The molecule has 0 saturated heterocycles. The van der Waals surface area contributed by atoms with Gasteiger partial charge >= 0.3 is 4.87 Å². The minimum atomic E-state index is -0.0170. The van der Waals surface area contributed by atoms with Crippen LogP contribution in [0.5, 0.6) is 0 Å². The van der Waals surface area contributed by atoms with Gasteiger partial charge in [0, 0.05) is 24.5 Å². The van der Waals surface area contributed by atoms with E-state index in [9.17, 15) is 4.79 Å². The topological polar surface area (TPSA) is 39.8 Å². The van der Waals surface area contributed by atoms with E-state index in [0.29, 0.717) is 5.02 Å². The predicted octanol–water partition coefficient (Wildman–Crippen LogP) is 4.09. The molecule has 0 N–H and O–H groups in total. The third-order valence-electron chi connectivity index (χ3n) is 4.14. The fraction of sp³-hybridized carbons (Fsp3) is 0.111. The van der Waals surface area contributed by atoms with E-state index in [0.717, 1.165) is 21.3 Å². The fourth-order valence-electron chi connectivity index (χ4n) is 2.92. The normalized spacial score (nSPS) is 12.6. The second-order valence-electron chi connectivity index (χ2n) is 5.62. The lowest BCUT2D eigenvalue weighted by atomic mass is 9.98. The van der Waals surface area contributed by atoms with Crippen LogP contribution in [-0.4, -0.2) is 14.1 Å². The van der Waals surface area contributed by atoms with E-state index >= 15 is 0 Å². The Balaban J connectivity index is 1.90. The maximum atomic E-state index is 11.9. The van der Waals surface area contributed by atoms with Gasteiger partial charge in [-0.25, -0.2) is 4.98 Å². The zero-order valence-corrected chi connectivity index (χ0v) is 14.5. The van der Waals surface area contributed by atoms with Crippen LogP contribution in [0, 0.1) is 0 Å². The summed E-state index contributed by atoms with van der Waals surface area (Å²) in [5, 5.41) is 0.708. The van der Waals surface area contributed by atoms with Crippen LogP contribution in [0.3, 0.4) is 0 Å². The average molecular weight is 356 g/mol. The summed E-state index contributed by atoms with van der Waals surface area (Å²) in [5.74, 6) is 0. The molecule has 2 heterocycles. The Labute approximate surface area is 147 Å². The average Bonchev–Trinajstić information content (AvgIpc) is 3.19. The molecule has 0 radical (unpaired) electrons. The number of nitrogens with zero attached hydrogens (tertiary/aromatic N) is 3. The molecule has 0 aliphatic carbocycles. The van der Waals surface area contributed by atoms with Gasteiger partial charge in [0.25, 0.3) is 0 Å². The van der Waals surface area contributed by atoms with Crippen LogP contribution >= 0.6 is 22.9 Å². The van der Waals surface area contributed by atoms with Crippen LogP contribution in [0.1, 0.15) is 17.2 Å². The highest BCUT2D eigenvalue weighted by atomic mass is 35.5. The molecule has 0 saturated carbocycles. The van der Waals surface area contributed by atoms with E-state index < -0.39 is 0 Å². The molecule has 0 fully saturated rings. The summed E-state index contributed by atoms with van der Waals surface area (Å²) in [7, 11) is 1.80. The highest BCUT2D eigenvalue weighted by Gasteiger charge is 2.17. The molecular formula is C18H14ClN3OS. The molecule has 0 bridgehead atoms. The number of hydrogen-bond donors (Lipinski definition) is 0. The van der Waals surface area contributed by atoms with Crippen molar-refractivity contribution in [3.05, 3.63) is 87.0 Å². The van der Waals surface area contributed by atoms with E-state index in [1.165, 1.54) is 11.3 Å². The largest absolute Gasteiger partial charge is 0.326 e.